The Bertz CT molecular complexity index is 629. The van der Waals surface area contributed by atoms with Gasteiger partial charge in [-0.3, -0.25) is 9.00 Å². The molecular weight excluding hydrogens is 328 g/mol. The molecule has 0 radical (unpaired) electrons. The van der Waals surface area contributed by atoms with E-state index in [1.165, 1.54) is 16.7 Å². The fourth-order valence-electron chi connectivity index (χ4n) is 3.85. The average Bonchev–Trinajstić information content (AvgIpc) is 2.93. The predicted octanol–water partition coefficient (Wildman–Crippen LogP) is 5.92. The van der Waals surface area contributed by atoms with Gasteiger partial charge in [-0.05, 0) is 46.8 Å². The summed E-state index contributed by atoms with van der Waals surface area (Å²) in [6, 6.07) is 4.46. The van der Waals surface area contributed by atoms with E-state index in [9.17, 15) is 9.00 Å². The average molecular weight is 363 g/mol. The van der Waals surface area contributed by atoms with Gasteiger partial charge in [0.05, 0.1) is 10.8 Å². The number of carbonyl (C=O) groups excluding carboxylic acids is 1. The Morgan fingerprint density at radius 2 is 1.52 bits per heavy atom. The molecule has 0 N–H and O–H groups in total. The fourth-order valence-corrected chi connectivity index (χ4v) is 6.19. The molecule has 2 nitrogen and oxygen atoms in total. The Morgan fingerprint density at radius 1 is 1.00 bits per heavy atom. The lowest BCUT2D eigenvalue weighted by Crippen LogP contribution is -2.28. The Labute approximate surface area is 156 Å². The van der Waals surface area contributed by atoms with Crippen molar-refractivity contribution < 1.29 is 9.00 Å². The number of Topliss-reactive ketones (excluding diaryl/α,β-unsaturated/α-hetero) is 1. The maximum Gasteiger partial charge on any atom is 0.149 e. The molecule has 0 spiro atoms. The van der Waals surface area contributed by atoms with E-state index in [0.29, 0.717) is 24.2 Å². The molecule has 1 aromatic carbocycles. The van der Waals surface area contributed by atoms with Crippen LogP contribution in [0.15, 0.2) is 17.0 Å². The summed E-state index contributed by atoms with van der Waals surface area (Å²) in [5, 5.41) is -0.315. The summed E-state index contributed by atoms with van der Waals surface area (Å²) >= 11 is 0. The van der Waals surface area contributed by atoms with Crippen molar-refractivity contribution in [3.8, 4) is 0 Å². The molecule has 1 fully saturated rings. The smallest absolute Gasteiger partial charge is 0.149 e. The van der Waals surface area contributed by atoms with Crippen LogP contribution in [0, 0.1) is 5.92 Å². The first-order valence-corrected chi connectivity index (χ1v) is 11.0. The summed E-state index contributed by atoms with van der Waals surface area (Å²) in [7, 11) is -1.25. The van der Waals surface area contributed by atoms with Crippen LogP contribution in [0.25, 0.3) is 0 Å². The summed E-state index contributed by atoms with van der Waals surface area (Å²) in [4.78, 5) is 13.5. The van der Waals surface area contributed by atoms with Crippen LogP contribution < -0.4 is 0 Å². The van der Waals surface area contributed by atoms with Crippen LogP contribution in [-0.4, -0.2) is 15.2 Å². The molecule has 0 saturated heterocycles. The van der Waals surface area contributed by atoms with Gasteiger partial charge in [0, 0.05) is 11.3 Å². The molecule has 0 aromatic heterocycles. The van der Waals surface area contributed by atoms with Crippen molar-refractivity contribution in [3.05, 3.63) is 28.8 Å². The van der Waals surface area contributed by atoms with Crippen LogP contribution in [0.1, 0.15) is 102 Å². The van der Waals surface area contributed by atoms with E-state index in [1.807, 2.05) is 0 Å². The van der Waals surface area contributed by atoms with Crippen LogP contribution in [-0.2, 0) is 15.6 Å². The van der Waals surface area contributed by atoms with E-state index in [2.05, 4.69) is 60.6 Å². The maximum absolute atomic E-state index is 13.6. The van der Waals surface area contributed by atoms with Crippen molar-refractivity contribution in [3.63, 3.8) is 0 Å². The second kappa shape index (κ2) is 8.16. The number of hydrogen-bond acceptors (Lipinski definition) is 2. The highest BCUT2D eigenvalue weighted by Crippen LogP contribution is 2.39. The first-order chi connectivity index (χ1) is 11.7. The normalized spacial score (nSPS) is 22.4. The molecule has 3 atom stereocenters. The molecule has 1 unspecified atom stereocenters. The summed E-state index contributed by atoms with van der Waals surface area (Å²) in [6.07, 6.45) is 2.41. The van der Waals surface area contributed by atoms with E-state index in [-0.39, 0.29) is 17.0 Å². The van der Waals surface area contributed by atoms with E-state index in [4.69, 9.17) is 0 Å². The van der Waals surface area contributed by atoms with Gasteiger partial charge in [0.1, 0.15) is 11.0 Å². The molecular formula is C22H34O2S. The molecule has 1 saturated carbocycles. The summed E-state index contributed by atoms with van der Waals surface area (Å²) in [5.41, 5.74) is 3.64. The van der Waals surface area contributed by atoms with E-state index < -0.39 is 10.8 Å². The third-order valence-electron chi connectivity index (χ3n) is 5.54. The topological polar surface area (TPSA) is 34.1 Å². The molecule has 0 heterocycles. The highest BCUT2D eigenvalue weighted by Gasteiger charge is 2.40. The molecule has 140 valence electrons. The number of benzene rings is 1. The molecule has 25 heavy (non-hydrogen) atoms. The number of carbonyl (C=O) groups is 1. The van der Waals surface area contributed by atoms with Crippen molar-refractivity contribution in [1.29, 1.82) is 0 Å². The van der Waals surface area contributed by atoms with Gasteiger partial charge in [-0.1, -0.05) is 67.0 Å². The van der Waals surface area contributed by atoms with Crippen LogP contribution in [0.5, 0.6) is 0 Å². The second-order valence-electron chi connectivity index (χ2n) is 8.38. The van der Waals surface area contributed by atoms with Gasteiger partial charge < -0.3 is 0 Å². The summed E-state index contributed by atoms with van der Waals surface area (Å²) in [6.45, 7) is 15.2. The second-order valence-corrected chi connectivity index (χ2v) is 9.89. The SMILES string of the molecule is CC[C@H]1CCC(=O)[C@@H]1S(=O)c1c(C(C)C)cc(C(C)C)cc1C(C)C. The third kappa shape index (κ3) is 4.07. The van der Waals surface area contributed by atoms with Gasteiger partial charge in [-0.2, -0.15) is 0 Å². The van der Waals surface area contributed by atoms with Crippen molar-refractivity contribution in [2.45, 2.75) is 95.6 Å². The maximum atomic E-state index is 13.6. The van der Waals surface area contributed by atoms with E-state index in [1.54, 1.807) is 0 Å². The molecule has 1 aliphatic rings. The molecule has 0 bridgehead atoms. The van der Waals surface area contributed by atoms with Crippen molar-refractivity contribution in [1.82, 2.24) is 0 Å². The highest BCUT2D eigenvalue weighted by molar-refractivity contribution is 7.86. The minimum absolute atomic E-state index is 0.197. The van der Waals surface area contributed by atoms with Crippen LogP contribution in [0.3, 0.4) is 0 Å². The Balaban J connectivity index is 2.65. The Kier molecular flexibility index (Phi) is 6.64. The molecule has 2 rings (SSSR count). The lowest BCUT2D eigenvalue weighted by Gasteiger charge is -2.25. The van der Waals surface area contributed by atoms with Gasteiger partial charge in [-0.25, -0.2) is 0 Å². The van der Waals surface area contributed by atoms with Crippen molar-refractivity contribution in [2.75, 3.05) is 0 Å². The quantitative estimate of drug-likeness (QED) is 0.629. The zero-order valence-electron chi connectivity index (χ0n) is 16.9. The monoisotopic (exact) mass is 362 g/mol. The lowest BCUT2D eigenvalue weighted by molar-refractivity contribution is -0.117. The number of hydrogen-bond donors (Lipinski definition) is 0. The van der Waals surface area contributed by atoms with Gasteiger partial charge in [-0.15, -0.1) is 0 Å². The third-order valence-corrected chi connectivity index (χ3v) is 7.53. The van der Waals surface area contributed by atoms with Gasteiger partial charge in [0.25, 0.3) is 0 Å². The van der Waals surface area contributed by atoms with Crippen LogP contribution in [0.4, 0.5) is 0 Å². The minimum Gasteiger partial charge on any atom is -0.298 e. The zero-order chi connectivity index (χ0) is 18.9. The standard InChI is InChI=1S/C22H34O2S/c1-8-16-9-10-20(23)21(16)25(24)22-18(14(4)5)11-17(13(2)3)12-19(22)15(6)7/h11-16,21H,8-10H2,1-7H3/t16-,21+,25?/m0/s1. The first kappa shape index (κ1) is 20.4. The molecule has 3 heteroatoms. The van der Waals surface area contributed by atoms with Crippen LogP contribution >= 0.6 is 0 Å². The summed E-state index contributed by atoms with van der Waals surface area (Å²) < 4.78 is 13.6. The fraction of sp³-hybridized carbons (Fsp3) is 0.682. The zero-order valence-corrected chi connectivity index (χ0v) is 17.7. The number of ketones is 1. The van der Waals surface area contributed by atoms with Crippen LogP contribution in [0.2, 0.25) is 0 Å². The largest absolute Gasteiger partial charge is 0.298 e. The minimum atomic E-state index is -1.25. The van der Waals surface area contributed by atoms with Gasteiger partial charge in [0.15, 0.2) is 0 Å². The van der Waals surface area contributed by atoms with E-state index >= 15 is 0 Å². The van der Waals surface area contributed by atoms with Crippen molar-refractivity contribution >= 4 is 16.6 Å². The van der Waals surface area contributed by atoms with Gasteiger partial charge in [0.2, 0.25) is 0 Å². The highest BCUT2D eigenvalue weighted by atomic mass is 32.2. The molecule has 0 aliphatic heterocycles. The Morgan fingerprint density at radius 3 is 1.92 bits per heavy atom. The van der Waals surface area contributed by atoms with E-state index in [0.717, 1.165) is 17.7 Å². The molecule has 1 aliphatic carbocycles. The number of rotatable bonds is 6. The molecule has 0 amide bonds. The Hall–Kier alpha value is -0.960. The summed E-state index contributed by atoms with van der Waals surface area (Å²) in [5.74, 6) is 1.49. The molecule has 1 aromatic rings. The predicted molar refractivity (Wildman–Crippen MR) is 107 cm³/mol. The van der Waals surface area contributed by atoms with Crippen molar-refractivity contribution in [2.24, 2.45) is 5.92 Å². The van der Waals surface area contributed by atoms with Gasteiger partial charge >= 0.3 is 0 Å². The lowest BCUT2D eigenvalue weighted by atomic mass is 9.89. The first-order valence-electron chi connectivity index (χ1n) is 9.79.